The molecule has 0 aliphatic carbocycles. The van der Waals surface area contributed by atoms with Gasteiger partial charge in [-0.05, 0) is 17.7 Å². The van der Waals surface area contributed by atoms with Gasteiger partial charge in [-0.1, -0.05) is 54.1 Å². The van der Waals surface area contributed by atoms with E-state index in [-0.39, 0.29) is 29.7 Å². The zero-order valence-electron chi connectivity index (χ0n) is 15.6. The molecular weight excluding hydrogens is 412 g/mol. The van der Waals surface area contributed by atoms with Crippen molar-refractivity contribution in [3.8, 4) is 0 Å². The van der Waals surface area contributed by atoms with Crippen molar-refractivity contribution in [3.05, 3.63) is 86.0 Å². The number of benzene rings is 2. The van der Waals surface area contributed by atoms with Crippen LogP contribution in [0.15, 0.2) is 69.1 Å². The number of aromatic nitrogens is 2. The standard InChI is InChI=1S/C20H19ClN4O3S/c1-24(16(26)12-29-15-10-6-5-9-14(15)21)17-18(22)25(20(28)23-19(17)27)11-13-7-3-2-4-8-13/h2-10H,11-12,22H2,1H3,(H,23,27,28). The van der Waals surface area contributed by atoms with E-state index in [0.717, 1.165) is 10.5 Å². The van der Waals surface area contributed by atoms with Crippen molar-refractivity contribution in [2.24, 2.45) is 0 Å². The molecule has 3 rings (SSSR count). The average molecular weight is 431 g/mol. The monoisotopic (exact) mass is 430 g/mol. The van der Waals surface area contributed by atoms with E-state index in [1.807, 2.05) is 42.5 Å². The quantitative estimate of drug-likeness (QED) is 0.585. The Morgan fingerprint density at radius 3 is 2.48 bits per heavy atom. The van der Waals surface area contributed by atoms with Crippen molar-refractivity contribution in [1.82, 2.24) is 9.55 Å². The number of nitrogens with one attached hydrogen (secondary N) is 1. The first-order valence-electron chi connectivity index (χ1n) is 8.69. The van der Waals surface area contributed by atoms with E-state index >= 15 is 0 Å². The lowest BCUT2D eigenvalue weighted by molar-refractivity contribution is -0.115. The van der Waals surface area contributed by atoms with E-state index in [1.165, 1.54) is 28.3 Å². The van der Waals surface area contributed by atoms with Gasteiger partial charge in [-0.3, -0.25) is 19.1 Å². The number of rotatable bonds is 6. The number of anilines is 2. The van der Waals surface area contributed by atoms with Gasteiger partial charge in [-0.2, -0.15) is 0 Å². The molecule has 0 aliphatic rings. The molecule has 1 amide bonds. The van der Waals surface area contributed by atoms with Gasteiger partial charge in [0.15, 0.2) is 5.69 Å². The van der Waals surface area contributed by atoms with E-state index < -0.39 is 11.2 Å². The first-order chi connectivity index (χ1) is 13.9. The molecule has 0 bridgehead atoms. The first-order valence-corrected chi connectivity index (χ1v) is 10.0. The maximum absolute atomic E-state index is 12.7. The highest BCUT2D eigenvalue weighted by atomic mass is 35.5. The molecule has 0 atom stereocenters. The van der Waals surface area contributed by atoms with Crippen molar-refractivity contribution >= 4 is 40.8 Å². The molecule has 7 nitrogen and oxygen atoms in total. The van der Waals surface area contributed by atoms with Crippen molar-refractivity contribution in [2.45, 2.75) is 11.4 Å². The smallest absolute Gasteiger partial charge is 0.330 e. The lowest BCUT2D eigenvalue weighted by Gasteiger charge is -2.20. The van der Waals surface area contributed by atoms with Crippen molar-refractivity contribution in [1.29, 1.82) is 0 Å². The molecule has 0 unspecified atom stereocenters. The summed E-state index contributed by atoms with van der Waals surface area (Å²) < 4.78 is 1.23. The van der Waals surface area contributed by atoms with Gasteiger partial charge in [-0.15, -0.1) is 11.8 Å². The van der Waals surface area contributed by atoms with E-state index in [4.69, 9.17) is 17.3 Å². The third-order valence-electron chi connectivity index (χ3n) is 4.29. The Morgan fingerprint density at radius 2 is 1.79 bits per heavy atom. The summed E-state index contributed by atoms with van der Waals surface area (Å²) >= 11 is 7.37. The van der Waals surface area contributed by atoms with Crippen LogP contribution in [0, 0.1) is 0 Å². The topological polar surface area (TPSA) is 101 Å². The number of amides is 1. The molecule has 0 fully saturated rings. The molecule has 1 aromatic heterocycles. The van der Waals surface area contributed by atoms with Crippen LogP contribution in [0.2, 0.25) is 5.02 Å². The number of H-pyrrole nitrogens is 1. The average Bonchev–Trinajstić information content (AvgIpc) is 2.71. The second kappa shape index (κ2) is 9.02. The maximum atomic E-state index is 12.7. The van der Waals surface area contributed by atoms with E-state index in [1.54, 1.807) is 12.1 Å². The third-order valence-corrected chi connectivity index (χ3v) is 5.79. The minimum atomic E-state index is -0.713. The van der Waals surface area contributed by atoms with Crippen LogP contribution in [-0.2, 0) is 11.3 Å². The number of halogens is 1. The van der Waals surface area contributed by atoms with Gasteiger partial charge in [0.1, 0.15) is 5.82 Å². The molecule has 29 heavy (non-hydrogen) atoms. The van der Waals surface area contributed by atoms with Crippen LogP contribution in [0.5, 0.6) is 0 Å². The van der Waals surface area contributed by atoms with E-state index in [2.05, 4.69) is 4.98 Å². The van der Waals surface area contributed by atoms with Crippen LogP contribution in [0.4, 0.5) is 11.5 Å². The maximum Gasteiger partial charge on any atom is 0.330 e. The van der Waals surface area contributed by atoms with Crippen LogP contribution in [0.1, 0.15) is 5.56 Å². The Hall–Kier alpha value is -2.97. The number of hydrogen-bond acceptors (Lipinski definition) is 5. The van der Waals surface area contributed by atoms with Gasteiger partial charge in [-0.25, -0.2) is 4.79 Å². The minimum Gasteiger partial charge on any atom is -0.383 e. The largest absolute Gasteiger partial charge is 0.383 e. The Labute approximate surface area is 176 Å². The summed E-state index contributed by atoms with van der Waals surface area (Å²) in [5, 5.41) is 0.543. The molecule has 0 radical (unpaired) electrons. The number of aromatic amines is 1. The number of nitrogens with zero attached hydrogens (tertiary/aromatic N) is 2. The summed E-state index contributed by atoms with van der Waals surface area (Å²) in [6.07, 6.45) is 0. The summed E-state index contributed by atoms with van der Waals surface area (Å²) in [5.41, 5.74) is 5.55. The fourth-order valence-electron chi connectivity index (χ4n) is 2.75. The summed E-state index contributed by atoms with van der Waals surface area (Å²) in [6, 6.07) is 16.4. The molecular formula is C20H19ClN4O3S. The van der Waals surface area contributed by atoms with Crippen molar-refractivity contribution in [3.63, 3.8) is 0 Å². The number of nitrogen functional groups attached to an aromatic ring is 1. The summed E-state index contributed by atoms with van der Waals surface area (Å²) in [6.45, 7) is 0.172. The van der Waals surface area contributed by atoms with Gasteiger partial charge >= 0.3 is 5.69 Å². The molecule has 3 aromatic rings. The number of carbonyl (C=O) groups is 1. The zero-order valence-corrected chi connectivity index (χ0v) is 17.2. The Balaban J connectivity index is 1.86. The summed E-state index contributed by atoms with van der Waals surface area (Å²) in [5.74, 6) is -0.366. The predicted octanol–water partition coefficient (Wildman–Crippen LogP) is 2.58. The molecule has 1 heterocycles. The van der Waals surface area contributed by atoms with Crippen LogP contribution in [-0.4, -0.2) is 28.3 Å². The van der Waals surface area contributed by atoms with Crippen LogP contribution < -0.4 is 21.9 Å². The Bertz CT molecular complexity index is 1140. The summed E-state index contributed by atoms with van der Waals surface area (Å²) in [7, 11) is 1.45. The van der Waals surface area contributed by atoms with Gasteiger partial charge in [0.25, 0.3) is 5.56 Å². The highest BCUT2D eigenvalue weighted by molar-refractivity contribution is 8.00. The lowest BCUT2D eigenvalue weighted by Crippen LogP contribution is -2.40. The third kappa shape index (κ3) is 4.72. The van der Waals surface area contributed by atoms with E-state index in [0.29, 0.717) is 5.02 Å². The molecule has 9 heteroatoms. The summed E-state index contributed by atoms with van der Waals surface area (Å²) in [4.78, 5) is 41.4. The molecule has 2 aromatic carbocycles. The lowest BCUT2D eigenvalue weighted by atomic mass is 10.2. The molecule has 150 valence electrons. The number of nitrogens with two attached hydrogens (primary N) is 1. The second-order valence-corrected chi connectivity index (χ2v) is 7.66. The van der Waals surface area contributed by atoms with E-state index in [9.17, 15) is 14.4 Å². The van der Waals surface area contributed by atoms with Gasteiger partial charge in [0, 0.05) is 11.9 Å². The van der Waals surface area contributed by atoms with Gasteiger partial charge < -0.3 is 10.6 Å². The normalized spacial score (nSPS) is 10.7. The predicted molar refractivity (Wildman–Crippen MR) is 117 cm³/mol. The minimum absolute atomic E-state index is 0.0525. The fourth-order valence-corrected chi connectivity index (χ4v) is 3.90. The van der Waals surface area contributed by atoms with Gasteiger partial charge in [0.05, 0.1) is 17.3 Å². The fraction of sp³-hybridized carbons (Fsp3) is 0.150. The Morgan fingerprint density at radius 1 is 1.14 bits per heavy atom. The number of thioether (sulfide) groups is 1. The zero-order chi connectivity index (χ0) is 21.0. The van der Waals surface area contributed by atoms with Crippen molar-refractivity contribution in [2.75, 3.05) is 23.4 Å². The second-order valence-electron chi connectivity index (χ2n) is 6.24. The number of carbonyl (C=O) groups excluding carboxylic acids is 1. The molecule has 0 saturated heterocycles. The number of hydrogen-bond donors (Lipinski definition) is 2. The highest BCUT2D eigenvalue weighted by Gasteiger charge is 2.21. The molecule has 0 spiro atoms. The van der Waals surface area contributed by atoms with Gasteiger partial charge in [0.2, 0.25) is 5.91 Å². The van der Waals surface area contributed by atoms with Crippen LogP contribution in [0.3, 0.4) is 0 Å². The molecule has 0 saturated carbocycles. The van der Waals surface area contributed by atoms with Crippen LogP contribution in [0.25, 0.3) is 0 Å². The van der Waals surface area contributed by atoms with Crippen molar-refractivity contribution < 1.29 is 4.79 Å². The molecule has 3 N–H and O–H groups in total. The highest BCUT2D eigenvalue weighted by Crippen LogP contribution is 2.27. The Kier molecular flexibility index (Phi) is 6.46. The molecule has 0 aliphatic heterocycles. The van der Waals surface area contributed by atoms with Crippen LogP contribution >= 0.6 is 23.4 Å². The first kappa shape index (κ1) is 20.8. The SMILES string of the molecule is CN(C(=O)CSc1ccccc1Cl)c1c(N)n(Cc2ccccc2)c(=O)[nH]c1=O.